The van der Waals surface area contributed by atoms with Crippen LogP contribution in [0.1, 0.15) is 34.2 Å². The van der Waals surface area contributed by atoms with E-state index in [2.05, 4.69) is 5.32 Å². The minimum atomic E-state index is -1.21. The Kier molecular flexibility index (Phi) is 5.16. The summed E-state index contributed by atoms with van der Waals surface area (Å²) < 4.78 is 13.2. The summed E-state index contributed by atoms with van der Waals surface area (Å²) in [6, 6.07) is 15.9. The van der Waals surface area contributed by atoms with Gasteiger partial charge in [0.25, 0.3) is 5.91 Å². The largest absolute Gasteiger partial charge is 0.486 e. The van der Waals surface area contributed by atoms with Gasteiger partial charge in [-0.1, -0.05) is 30.3 Å². The molecule has 174 valence electrons. The van der Waals surface area contributed by atoms with Gasteiger partial charge >= 0.3 is 6.03 Å². The molecule has 3 aromatic rings. The molecule has 0 spiro atoms. The molecule has 8 heteroatoms. The van der Waals surface area contributed by atoms with Crippen LogP contribution in [-0.2, 0) is 10.3 Å². The molecule has 5 rings (SSSR count). The lowest BCUT2D eigenvalue weighted by molar-refractivity contribution is -0.130. The van der Waals surface area contributed by atoms with E-state index in [1.165, 1.54) is 0 Å². The molecule has 2 aromatic carbocycles. The fourth-order valence-electron chi connectivity index (χ4n) is 4.65. The maximum absolute atomic E-state index is 13.3. The van der Waals surface area contributed by atoms with Crippen molar-refractivity contribution >= 4 is 17.7 Å². The monoisotopic (exact) mass is 459 g/mol. The second-order valence-corrected chi connectivity index (χ2v) is 8.68. The molecule has 1 fully saturated rings. The molecule has 2 aliphatic rings. The van der Waals surface area contributed by atoms with Crippen LogP contribution in [0.4, 0.5) is 4.79 Å². The first-order chi connectivity index (χ1) is 16.3. The predicted octanol–water partition coefficient (Wildman–Crippen LogP) is 3.52. The number of aryl methyl sites for hydroxylation is 1. The van der Waals surface area contributed by atoms with Gasteiger partial charge in [-0.2, -0.15) is 0 Å². The standard InChI is InChI=1S/C26H25N3O5/c1-16-13-20(17(2)29(16)19-9-10-22-23(14-19)34-12-11-33-22)21(30)15-28-24(31)26(3,27-25(28)32)18-7-5-4-6-8-18/h4-10,13-14H,11-12,15H2,1-3H3,(H,27,32). The van der Waals surface area contributed by atoms with E-state index in [1.807, 2.05) is 42.7 Å². The average molecular weight is 460 g/mol. The summed E-state index contributed by atoms with van der Waals surface area (Å²) in [5.74, 6) is 0.591. The number of imide groups is 1. The van der Waals surface area contributed by atoms with Gasteiger partial charge in [0.15, 0.2) is 17.3 Å². The number of nitrogens with one attached hydrogen (secondary N) is 1. The zero-order chi connectivity index (χ0) is 24.0. The molecule has 1 saturated heterocycles. The number of rotatable bonds is 5. The Bertz CT molecular complexity index is 1310. The Hall–Kier alpha value is -4.07. The van der Waals surface area contributed by atoms with Gasteiger partial charge in [0, 0.05) is 28.7 Å². The third kappa shape index (κ3) is 3.42. The average Bonchev–Trinajstić information content (AvgIpc) is 3.26. The number of hydrogen-bond acceptors (Lipinski definition) is 5. The minimum absolute atomic E-state index is 0.308. The highest BCUT2D eigenvalue weighted by molar-refractivity contribution is 6.11. The zero-order valence-electron chi connectivity index (χ0n) is 19.3. The van der Waals surface area contributed by atoms with Crippen LogP contribution in [-0.4, -0.2) is 46.9 Å². The molecule has 3 heterocycles. The summed E-state index contributed by atoms with van der Waals surface area (Å²) in [7, 11) is 0. The van der Waals surface area contributed by atoms with Crippen LogP contribution in [0.2, 0.25) is 0 Å². The number of ether oxygens (including phenoxy) is 2. The number of carbonyl (C=O) groups excluding carboxylic acids is 3. The smallest absolute Gasteiger partial charge is 0.325 e. The fourth-order valence-corrected chi connectivity index (χ4v) is 4.65. The Morgan fingerprint density at radius 3 is 2.44 bits per heavy atom. The molecule has 1 atom stereocenters. The number of amides is 3. The quantitative estimate of drug-likeness (QED) is 0.466. The van der Waals surface area contributed by atoms with Crippen LogP contribution >= 0.6 is 0 Å². The van der Waals surface area contributed by atoms with E-state index in [9.17, 15) is 14.4 Å². The zero-order valence-corrected chi connectivity index (χ0v) is 19.3. The number of fused-ring (bicyclic) bond motifs is 1. The Balaban J connectivity index is 1.41. The third-order valence-electron chi connectivity index (χ3n) is 6.44. The Labute approximate surface area is 197 Å². The normalized spacial score (nSPS) is 19.3. The number of Topliss-reactive ketones (excluding diaryl/α,β-unsaturated/α-hetero) is 1. The summed E-state index contributed by atoms with van der Waals surface area (Å²) in [5.41, 5.74) is 2.33. The molecule has 1 unspecified atom stereocenters. The van der Waals surface area contributed by atoms with Crippen molar-refractivity contribution in [1.82, 2.24) is 14.8 Å². The highest BCUT2D eigenvalue weighted by Crippen LogP contribution is 2.34. The summed E-state index contributed by atoms with van der Waals surface area (Å²) in [5, 5.41) is 2.74. The highest BCUT2D eigenvalue weighted by atomic mass is 16.6. The van der Waals surface area contributed by atoms with Crippen molar-refractivity contribution in [2.75, 3.05) is 19.8 Å². The molecule has 8 nitrogen and oxygen atoms in total. The van der Waals surface area contributed by atoms with Crippen molar-refractivity contribution in [2.24, 2.45) is 0 Å². The lowest BCUT2D eigenvalue weighted by atomic mass is 9.92. The molecule has 0 radical (unpaired) electrons. The number of carbonyl (C=O) groups is 3. The van der Waals surface area contributed by atoms with Gasteiger partial charge in [0.05, 0.1) is 6.54 Å². The molecule has 0 bridgehead atoms. The topological polar surface area (TPSA) is 89.9 Å². The van der Waals surface area contributed by atoms with E-state index in [4.69, 9.17) is 9.47 Å². The lowest BCUT2D eigenvalue weighted by Crippen LogP contribution is -2.41. The first kappa shape index (κ1) is 21.8. The molecular formula is C26H25N3O5. The van der Waals surface area contributed by atoms with Crippen LogP contribution < -0.4 is 14.8 Å². The molecule has 3 amide bonds. The third-order valence-corrected chi connectivity index (χ3v) is 6.44. The van der Waals surface area contributed by atoms with Gasteiger partial charge in [-0.05, 0) is 44.5 Å². The van der Waals surface area contributed by atoms with Gasteiger partial charge in [-0.15, -0.1) is 0 Å². The predicted molar refractivity (Wildman–Crippen MR) is 125 cm³/mol. The second kappa shape index (κ2) is 8.06. The fraction of sp³-hybridized carbons (Fsp3) is 0.269. The first-order valence-electron chi connectivity index (χ1n) is 11.1. The maximum atomic E-state index is 13.3. The van der Waals surface area contributed by atoms with Crippen molar-refractivity contribution in [1.29, 1.82) is 0 Å². The van der Waals surface area contributed by atoms with Crippen molar-refractivity contribution in [3.8, 4) is 17.2 Å². The summed E-state index contributed by atoms with van der Waals surface area (Å²) in [6.45, 7) is 6.06. The van der Waals surface area contributed by atoms with Crippen molar-refractivity contribution < 1.29 is 23.9 Å². The van der Waals surface area contributed by atoms with Gasteiger partial charge < -0.3 is 19.4 Å². The summed E-state index contributed by atoms with van der Waals surface area (Å²) in [6.07, 6.45) is 0. The Morgan fingerprint density at radius 2 is 1.71 bits per heavy atom. The van der Waals surface area contributed by atoms with Gasteiger partial charge in [-0.25, -0.2) is 4.79 Å². The number of urea groups is 1. The van der Waals surface area contributed by atoms with E-state index >= 15 is 0 Å². The van der Waals surface area contributed by atoms with Crippen LogP contribution in [0, 0.1) is 13.8 Å². The SMILES string of the molecule is Cc1cc(C(=O)CN2C(=O)NC(C)(c3ccccc3)C2=O)c(C)n1-c1ccc2c(c1)OCCO2. The van der Waals surface area contributed by atoms with Crippen molar-refractivity contribution in [2.45, 2.75) is 26.3 Å². The van der Waals surface area contributed by atoms with Gasteiger partial charge in [-0.3, -0.25) is 14.5 Å². The van der Waals surface area contributed by atoms with E-state index in [0.717, 1.165) is 22.0 Å². The van der Waals surface area contributed by atoms with E-state index in [0.29, 0.717) is 35.8 Å². The molecule has 0 saturated carbocycles. The first-order valence-corrected chi connectivity index (χ1v) is 11.1. The highest BCUT2D eigenvalue weighted by Gasteiger charge is 2.49. The molecule has 0 aliphatic carbocycles. The number of nitrogens with zero attached hydrogens (tertiary/aromatic N) is 2. The molecule has 2 aliphatic heterocycles. The number of ketones is 1. The Morgan fingerprint density at radius 1 is 1.00 bits per heavy atom. The summed E-state index contributed by atoms with van der Waals surface area (Å²) in [4.78, 5) is 40.1. The van der Waals surface area contributed by atoms with Crippen LogP contribution in [0.15, 0.2) is 54.6 Å². The van der Waals surface area contributed by atoms with E-state index in [1.54, 1.807) is 37.3 Å². The van der Waals surface area contributed by atoms with Crippen LogP contribution in [0.5, 0.6) is 11.5 Å². The lowest BCUT2D eigenvalue weighted by Gasteiger charge is -2.22. The van der Waals surface area contributed by atoms with Crippen LogP contribution in [0.3, 0.4) is 0 Å². The number of benzene rings is 2. The number of aromatic nitrogens is 1. The molecule has 34 heavy (non-hydrogen) atoms. The number of hydrogen-bond donors (Lipinski definition) is 1. The summed E-state index contributed by atoms with van der Waals surface area (Å²) >= 11 is 0. The van der Waals surface area contributed by atoms with Gasteiger partial charge in [0.2, 0.25) is 0 Å². The van der Waals surface area contributed by atoms with Gasteiger partial charge in [0.1, 0.15) is 18.8 Å². The second-order valence-electron chi connectivity index (χ2n) is 8.68. The van der Waals surface area contributed by atoms with Crippen molar-refractivity contribution in [3.05, 3.63) is 77.1 Å². The van der Waals surface area contributed by atoms with E-state index in [-0.39, 0.29) is 12.3 Å². The molecule has 1 aromatic heterocycles. The van der Waals surface area contributed by atoms with E-state index < -0.39 is 17.5 Å². The maximum Gasteiger partial charge on any atom is 0.325 e. The molecule has 1 N–H and O–H groups in total. The molecular weight excluding hydrogens is 434 g/mol. The van der Waals surface area contributed by atoms with Crippen molar-refractivity contribution in [3.63, 3.8) is 0 Å². The van der Waals surface area contributed by atoms with Crippen LogP contribution in [0.25, 0.3) is 5.69 Å². The minimum Gasteiger partial charge on any atom is -0.486 e.